The van der Waals surface area contributed by atoms with Crippen molar-refractivity contribution >= 4 is 22.7 Å². The Bertz CT molecular complexity index is 781. The summed E-state index contributed by atoms with van der Waals surface area (Å²) in [5, 5.41) is 6.35. The molecule has 1 amide bonds. The molecule has 0 spiro atoms. The average molecular weight is 343 g/mol. The van der Waals surface area contributed by atoms with Gasteiger partial charge in [-0.2, -0.15) is 5.10 Å². The summed E-state index contributed by atoms with van der Waals surface area (Å²) in [5.41, 5.74) is 7.15. The van der Waals surface area contributed by atoms with Crippen molar-refractivity contribution in [1.29, 1.82) is 0 Å². The maximum atomic E-state index is 14.2. The molecule has 6 heteroatoms. The van der Waals surface area contributed by atoms with Gasteiger partial charge in [-0.3, -0.25) is 4.79 Å². The van der Waals surface area contributed by atoms with Gasteiger partial charge in [-0.1, -0.05) is 54.2 Å². The van der Waals surface area contributed by atoms with E-state index >= 15 is 0 Å². The Labute approximate surface area is 144 Å². The van der Waals surface area contributed by atoms with Gasteiger partial charge < -0.3 is 5.73 Å². The monoisotopic (exact) mass is 343 g/mol. The topological polar surface area (TPSA) is 58.7 Å². The van der Waals surface area contributed by atoms with Gasteiger partial charge in [-0.05, 0) is 30.7 Å². The minimum absolute atomic E-state index is 0.203. The van der Waals surface area contributed by atoms with Gasteiger partial charge in [0.2, 0.25) is 5.91 Å². The molecule has 24 heavy (non-hydrogen) atoms. The van der Waals surface area contributed by atoms with Crippen LogP contribution in [0.3, 0.4) is 0 Å². The van der Waals surface area contributed by atoms with Gasteiger partial charge >= 0.3 is 0 Å². The van der Waals surface area contributed by atoms with Crippen LogP contribution in [0.5, 0.6) is 0 Å². The summed E-state index contributed by atoms with van der Waals surface area (Å²) < 4.78 is 14.2. The second kappa shape index (κ2) is 6.75. The van der Waals surface area contributed by atoms with Crippen LogP contribution in [0.1, 0.15) is 24.5 Å². The van der Waals surface area contributed by atoms with Gasteiger partial charge in [-0.25, -0.2) is 9.40 Å². The molecule has 0 aliphatic carbocycles. The molecule has 0 fully saturated rings. The van der Waals surface area contributed by atoms with Gasteiger partial charge in [0.1, 0.15) is 15.7 Å². The van der Waals surface area contributed by atoms with Crippen LogP contribution in [0.15, 0.2) is 59.7 Å². The summed E-state index contributed by atoms with van der Waals surface area (Å²) in [6.45, 7) is 1.84. The molecule has 1 aliphatic rings. The van der Waals surface area contributed by atoms with Crippen LogP contribution in [-0.4, -0.2) is 22.5 Å². The van der Waals surface area contributed by atoms with Gasteiger partial charge in [-0.15, -0.1) is 0 Å². The lowest BCUT2D eigenvalue weighted by Gasteiger charge is -2.35. The van der Waals surface area contributed by atoms with Gasteiger partial charge in [0, 0.05) is 12.5 Å². The zero-order valence-corrected chi connectivity index (χ0v) is 14.1. The van der Waals surface area contributed by atoms with Crippen molar-refractivity contribution in [2.45, 2.75) is 18.2 Å². The molecule has 124 valence electrons. The van der Waals surface area contributed by atoms with Gasteiger partial charge in [0.05, 0.1) is 0 Å². The Kier molecular flexibility index (Phi) is 4.69. The van der Waals surface area contributed by atoms with Crippen molar-refractivity contribution in [3.8, 4) is 0 Å². The van der Waals surface area contributed by atoms with Crippen LogP contribution in [0, 0.1) is 5.82 Å². The van der Waals surface area contributed by atoms with Crippen molar-refractivity contribution < 1.29 is 9.18 Å². The summed E-state index contributed by atoms with van der Waals surface area (Å²) in [6, 6.07) is 16.1. The predicted octanol–water partition coefficient (Wildman–Crippen LogP) is 3.28. The molecule has 0 bridgehead atoms. The minimum atomic E-state index is -0.751. The third-order valence-electron chi connectivity index (χ3n) is 3.91. The van der Waals surface area contributed by atoms with Gasteiger partial charge in [0.25, 0.3) is 0 Å². The van der Waals surface area contributed by atoms with Crippen LogP contribution >= 0.6 is 11.8 Å². The fourth-order valence-electron chi connectivity index (χ4n) is 2.84. The SMILES string of the molecule is CC(=O)N1N=C(c2ccccc2F)SC1(CCN)c1ccccc1. The normalized spacial score (nSPS) is 20.1. The fourth-order valence-corrected chi connectivity index (χ4v) is 4.29. The molecule has 1 atom stereocenters. The highest BCUT2D eigenvalue weighted by Gasteiger charge is 2.47. The van der Waals surface area contributed by atoms with E-state index in [9.17, 15) is 9.18 Å². The zero-order chi connectivity index (χ0) is 17.2. The molecule has 0 aromatic heterocycles. The first kappa shape index (κ1) is 16.7. The molecule has 1 aliphatic heterocycles. The summed E-state index contributed by atoms with van der Waals surface area (Å²) in [7, 11) is 0. The highest BCUT2D eigenvalue weighted by atomic mass is 32.2. The Balaban J connectivity index is 2.11. The molecule has 2 N–H and O–H groups in total. The van der Waals surface area contributed by atoms with E-state index in [4.69, 9.17) is 5.73 Å². The summed E-state index contributed by atoms with van der Waals surface area (Å²) in [4.78, 5) is 11.5. The molecular weight excluding hydrogens is 325 g/mol. The van der Waals surface area contributed by atoms with E-state index in [-0.39, 0.29) is 11.7 Å². The smallest absolute Gasteiger partial charge is 0.241 e. The summed E-state index contributed by atoms with van der Waals surface area (Å²) in [5.74, 6) is -0.560. The number of benzene rings is 2. The largest absolute Gasteiger partial charge is 0.330 e. The highest BCUT2D eigenvalue weighted by molar-refractivity contribution is 8.15. The molecule has 0 radical (unpaired) electrons. The van der Waals surface area contributed by atoms with Crippen molar-refractivity contribution in [1.82, 2.24) is 5.01 Å². The van der Waals surface area contributed by atoms with Gasteiger partial charge in [0.15, 0.2) is 0 Å². The predicted molar refractivity (Wildman–Crippen MR) is 94.8 cm³/mol. The van der Waals surface area contributed by atoms with Crippen molar-refractivity contribution in [2.24, 2.45) is 10.8 Å². The van der Waals surface area contributed by atoms with Crippen LogP contribution in [-0.2, 0) is 9.67 Å². The summed E-state index contributed by atoms with van der Waals surface area (Å²) >= 11 is 1.37. The molecule has 4 nitrogen and oxygen atoms in total. The third-order valence-corrected chi connectivity index (χ3v) is 5.35. The number of nitrogens with two attached hydrogens (primary N) is 1. The van der Waals surface area contributed by atoms with Crippen molar-refractivity contribution in [2.75, 3.05) is 6.54 Å². The van der Waals surface area contributed by atoms with E-state index in [1.807, 2.05) is 30.3 Å². The number of halogens is 1. The number of carbonyl (C=O) groups is 1. The Morgan fingerprint density at radius 3 is 2.50 bits per heavy atom. The summed E-state index contributed by atoms with van der Waals surface area (Å²) in [6.07, 6.45) is 0.517. The number of hydrazone groups is 1. The third kappa shape index (κ3) is 2.83. The molecule has 0 saturated carbocycles. The molecule has 2 aromatic rings. The number of amides is 1. The number of hydrogen-bond acceptors (Lipinski definition) is 4. The van der Waals surface area contributed by atoms with E-state index in [2.05, 4.69) is 5.10 Å². The Morgan fingerprint density at radius 1 is 1.21 bits per heavy atom. The Morgan fingerprint density at radius 2 is 1.88 bits per heavy atom. The minimum Gasteiger partial charge on any atom is -0.330 e. The fraction of sp³-hybridized carbons (Fsp3) is 0.222. The van der Waals surface area contributed by atoms with Crippen LogP contribution < -0.4 is 5.73 Å². The zero-order valence-electron chi connectivity index (χ0n) is 13.3. The molecule has 1 heterocycles. The number of hydrogen-bond donors (Lipinski definition) is 1. The quantitative estimate of drug-likeness (QED) is 0.927. The number of thioether (sulfide) groups is 1. The maximum absolute atomic E-state index is 14.2. The second-order valence-electron chi connectivity index (χ2n) is 5.51. The molecule has 0 saturated heterocycles. The number of carbonyl (C=O) groups excluding carboxylic acids is 1. The maximum Gasteiger partial charge on any atom is 0.241 e. The van der Waals surface area contributed by atoms with Crippen LogP contribution in [0.2, 0.25) is 0 Å². The van der Waals surface area contributed by atoms with E-state index in [1.165, 1.54) is 29.8 Å². The first-order valence-electron chi connectivity index (χ1n) is 7.67. The highest BCUT2D eigenvalue weighted by Crippen LogP contribution is 2.49. The first-order valence-corrected chi connectivity index (χ1v) is 8.49. The van der Waals surface area contributed by atoms with Crippen molar-refractivity contribution in [3.63, 3.8) is 0 Å². The first-order chi connectivity index (χ1) is 11.6. The number of nitrogens with zero attached hydrogens (tertiary/aromatic N) is 2. The van der Waals surface area contributed by atoms with Crippen molar-refractivity contribution in [3.05, 3.63) is 71.5 Å². The van der Waals surface area contributed by atoms with Crippen LogP contribution in [0.25, 0.3) is 0 Å². The lowest BCUT2D eigenvalue weighted by Crippen LogP contribution is -2.41. The van der Waals surface area contributed by atoms with Crippen LogP contribution in [0.4, 0.5) is 4.39 Å². The van der Waals surface area contributed by atoms with E-state index in [0.29, 0.717) is 23.6 Å². The Hall–Kier alpha value is -2.18. The second-order valence-corrected chi connectivity index (χ2v) is 6.77. The molecular formula is C18H18FN3OS. The lowest BCUT2D eigenvalue weighted by atomic mass is 10.0. The standard InChI is InChI=1S/C18H18FN3OS/c1-13(23)22-18(11-12-20,14-7-3-2-4-8-14)24-17(21-22)15-9-5-6-10-16(15)19/h2-10H,11-12,20H2,1H3. The number of rotatable bonds is 4. The molecule has 1 unspecified atom stereocenters. The molecule has 3 rings (SSSR count). The van der Waals surface area contributed by atoms with E-state index in [1.54, 1.807) is 18.2 Å². The average Bonchev–Trinajstić information content (AvgIpc) is 2.97. The van der Waals surface area contributed by atoms with E-state index < -0.39 is 4.87 Å². The van der Waals surface area contributed by atoms with E-state index in [0.717, 1.165) is 5.56 Å². The molecule has 2 aromatic carbocycles. The lowest BCUT2D eigenvalue weighted by molar-refractivity contribution is -0.132.